The normalized spacial score (nSPS) is 11.3. The molecule has 0 saturated carbocycles. The molecule has 12 aromatic rings. The second kappa shape index (κ2) is 17.3. The summed E-state index contributed by atoms with van der Waals surface area (Å²) in [5.41, 5.74) is 17.6. The van der Waals surface area contributed by atoms with Gasteiger partial charge in [-0.2, -0.15) is 0 Å². The van der Waals surface area contributed by atoms with Gasteiger partial charge in [0.1, 0.15) is 0 Å². The molecule has 0 saturated heterocycles. The quantitative estimate of drug-likeness (QED) is 0.131. The summed E-state index contributed by atoms with van der Waals surface area (Å²) in [7, 11) is 0. The van der Waals surface area contributed by atoms with Crippen molar-refractivity contribution in [1.82, 2.24) is 0 Å². The molecule has 314 valence electrons. The van der Waals surface area contributed by atoms with Crippen LogP contribution >= 0.6 is 0 Å². The van der Waals surface area contributed by atoms with E-state index in [1.165, 1.54) is 93.5 Å². The smallest absolute Gasteiger partial charge is 0.0474 e. The fourth-order valence-corrected chi connectivity index (χ4v) is 9.94. The maximum atomic E-state index is 2.42. The van der Waals surface area contributed by atoms with Gasteiger partial charge in [-0.1, -0.05) is 218 Å². The highest BCUT2D eigenvalue weighted by atomic mass is 15.1. The summed E-state index contributed by atoms with van der Waals surface area (Å²) in [6.45, 7) is 0. The summed E-state index contributed by atoms with van der Waals surface area (Å²) >= 11 is 0. The molecule has 0 heterocycles. The molecular weight excluding hydrogens is 807 g/mol. The lowest BCUT2D eigenvalue weighted by atomic mass is 9.90. The minimum atomic E-state index is 1.08. The van der Waals surface area contributed by atoms with E-state index in [9.17, 15) is 0 Å². The lowest BCUT2D eigenvalue weighted by molar-refractivity contribution is 1.29. The molecule has 0 bridgehead atoms. The highest BCUT2D eigenvalue weighted by molar-refractivity contribution is 6.16. The number of hydrogen-bond donors (Lipinski definition) is 0. The maximum absolute atomic E-state index is 2.42. The van der Waals surface area contributed by atoms with Gasteiger partial charge < -0.3 is 4.90 Å². The fraction of sp³-hybridized carbons (Fsp3) is 0. The van der Waals surface area contributed by atoms with Crippen molar-refractivity contribution in [3.05, 3.63) is 273 Å². The first kappa shape index (κ1) is 39.8. The molecule has 0 unspecified atom stereocenters. The van der Waals surface area contributed by atoms with E-state index in [0.717, 1.165) is 22.6 Å². The monoisotopic (exact) mass is 851 g/mol. The van der Waals surface area contributed by atoms with E-state index in [1.807, 2.05) is 0 Å². The fourth-order valence-electron chi connectivity index (χ4n) is 9.94. The van der Waals surface area contributed by atoms with Gasteiger partial charge >= 0.3 is 0 Å². The SMILES string of the molecule is c1ccc(-c2cccc(-c3ccc(N(c4ccc(-c5ccc(-c6ccccc6)cc5-c5ccccc5)cc4)c4cc(-c5cc6ccccc6c6ccccc56)c5ccccc5c4)cc3)c2)cc1. The van der Waals surface area contributed by atoms with Crippen LogP contribution in [0.2, 0.25) is 0 Å². The van der Waals surface area contributed by atoms with Crippen molar-refractivity contribution in [1.29, 1.82) is 0 Å². The number of hydrogen-bond acceptors (Lipinski definition) is 1. The second-order valence-corrected chi connectivity index (χ2v) is 17.3. The van der Waals surface area contributed by atoms with Crippen LogP contribution in [0, 0.1) is 0 Å². The molecule has 0 fully saturated rings. The van der Waals surface area contributed by atoms with E-state index < -0.39 is 0 Å². The van der Waals surface area contributed by atoms with E-state index in [-0.39, 0.29) is 0 Å². The Kier molecular flexibility index (Phi) is 10.3. The third-order valence-electron chi connectivity index (χ3n) is 13.2. The first-order chi connectivity index (χ1) is 33.2. The number of benzene rings is 12. The zero-order valence-corrected chi connectivity index (χ0v) is 36.9. The molecule has 0 radical (unpaired) electrons. The van der Waals surface area contributed by atoms with Crippen LogP contribution in [-0.2, 0) is 0 Å². The summed E-state index contributed by atoms with van der Waals surface area (Å²) in [6, 6.07) is 99.5. The highest BCUT2D eigenvalue weighted by Gasteiger charge is 2.19. The average molecular weight is 852 g/mol. The molecule has 1 nitrogen and oxygen atoms in total. The zero-order chi connectivity index (χ0) is 44.5. The second-order valence-electron chi connectivity index (χ2n) is 17.3. The highest BCUT2D eigenvalue weighted by Crippen LogP contribution is 2.45. The van der Waals surface area contributed by atoms with Gasteiger partial charge in [-0.05, 0) is 154 Å². The number of nitrogens with zero attached hydrogens (tertiary/aromatic N) is 1. The Morgan fingerprint density at radius 2 is 0.597 bits per heavy atom. The largest absolute Gasteiger partial charge is 0.310 e. The third-order valence-corrected chi connectivity index (χ3v) is 13.2. The Labute approximate surface area is 392 Å². The summed E-state index contributed by atoms with van der Waals surface area (Å²) in [6.07, 6.45) is 0. The van der Waals surface area contributed by atoms with Crippen molar-refractivity contribution in [3.63, 3.8) is 0 Å². The van der Waals surface area contributed by atoms with Crippen LogP contribution in [0.4, 0.5) is 17.1 Å². The first-order valence-corrected chi connectivity index (χ1v) is 23.1. The molecule has 0 aliphatic rings. The number of anilines is 3. The van der Waals surface area contributed by atoms with Crippen LogP contribution in [0.1, 0.15) is 0 Å². The van der Waals surface area contributed by atoms with E-state index in [2.05, 4.69) is 278 Å². The molecule has 0 atom stereocenters. The van der Waals surface area contributed by atoms with Gasteiger partial charge in [0, 0.05) is 17.1 Å². The van der Waals surface area contributed by atoms with Crippen molar-refractivity contribution in [3.8, 4) is 66.8 Å². The minimum Gasteiger partial charge on any atom is -0.310 e. The molecule has 0 aromatic heterocycles. The summed E-state index contributed by atoms with van der Waals surface area (Å²) in [4.78, 5) is 2.42. The van der Waals surface area contributed by atoms with E-state index in [0.29, 0.717) is 0 Å². The van der Waals surface area contributed by atoms with Gasteiger partial charge in [0.2, 0.25) is 0 Å². The maximum Gasteiger partial charge on any atom is 0.0474 e. The lowest BCUT2D eigenvalue weighted by Crippen LogP contribution is -2.10. The van der Waals surface area contributed by atoms with Crippen molar-refractivity contribution >= 4 is 49.4 Å². The predicted molar refractivity (Wildman–Crippen MR) is 286 cm³/mol. The Morgan fingerprint density at radius 3 is 1.22 bits per heavy atom. The van der Waals surface area contributed by atoms with Gasteiger partial charge in [0.15, 0.2) is 0 Å². The molecule has 0 aliphatic heterocycles. The van der Waals surface area contributed by atoms with Crippen LogP contribution < -0.4 is 4.90 Å². The Balaban J connectivity index is 1.02. The molecule has 1 heteroatoms. The van der Waals surface area contributed by atoms with Gasteiger partial charge in [0.25, 0.3) is 0 Å². The molecule has 67 heavy (non-hydrogen) atoms. The standard InChI is InChI=1S/C66H45N/c1-4-17-46(18-5-1)51-25-16-26-52(41-51)48-31-36-56(37-32-48)67(57-38-33-50(34-39-57)61-40-35-53(47-19-6-2-7-20-47)43-64(61)49-21-8-3-9-22-49)58-42-54-23-10-13-28-60(54)66(45-58)65-44-55-24-11-12-27-59(55)62-29-14-15-30-63(62)65/h1-45H. The van der Waals surface area contributed by atoms with Crippen LogP contribution in [-0.4, -0.2) is 0 Å². The van der Waals surface area contributed by atoms with E-state index in [1.54, 1.807) is 0 Å². The number of rotatable bonds is 9. The molecule has 12 rings (SSSR count). The van der Waals surface area contributed by atoms with Crippen molar-refractivity contribution < 1.29 is 0 Å². The average Bonchev–Trinajstić information content (AvgIpc) is 3.41. The van der Waals surface area contributed by atoms with Crippen molar-refractivity contribution in [2.24, 2.45) is 0 Å². The lowest BCUT2D eigenvalue weighted by Gasteiger charge is -2.27. The van der Waals surface area contributed by atoms with Gasteiger partial charge in [0.05, 0.1) is 0 Å². The zero-order valence-electron chi connectivity index (χ0n) is 36.9. The van der Waals surface area contributed by atoms with Gasteiger partial charge in [-0.3, -0.25) is 0 Å². The Morgan fingerprint density at radius 1 is 0.179 bits per heavy atom. The van der Waals surface area contributed by atoms with Crippen LogP contribution in [0.3, 0.4) is 0 Å². The summed E-state index contributed by atoms with van der Waals surface area (Å²) < 4.78 is 0. The first-order valence-electron chi connectivity index (χ1n) is 23.1. The minimum absolute atomic E-state index is 1.08. The van der Waals surface area contributed by atoms with Gasteiger partial charge in [-0.25, -0.2) is 0 Å². The van der Waals surface area contributed by atoms with E-state index >= 15 is 0 Å². The molecule has 0 amide bonds. The summed E-state index contributed by atoms with van der Waals surface area (Å²) in [5, 5.41) is 7.42. The van der Waals surface area contributed by atoms with Crippen LogP contribution in [0.25, 0.3) is 99.1 Å². The third kappa shape index (κ3) is 7.63. The summed E-state index contributed by atoms with van der Waals surface area (Å²) in [5.74, 6) is 0. The molecule has 0 spiro atoms. The van der Waals surface area contributed by atoms with Gasteiger partial charge in [-0.15, -0.1) is 0 Å². The van der Waals surface area contributed by atoms with Crippen molar-refractivity contribution in [2.75, 3.05) is 4.90 Å². The Hall–Kier alpha value is -8.78. The van der Waals surface area contributed by atoms with Crippen LogP contribution in [0.5, 0.6) is 0 Å². The predicted octanol–water partition coefficient (Wildman–Crippen LogP) is 18.6. The molecule has 0 N–H and O–H groups in total. The topological polar surface area (TPSA) is 3.24 Å². The van der Waals surface area contributed by atoms with Crippen LogP contribution in [0.15, 0.2) is 273 Å². The van der Waals surface area contributed by atoms with Crippen molar-refractivity contribution in [2.45, 2.75) is 0 Å². The Bertz CT molecular complexity index is 3710. The molecule has 12 aromatic carbocycles. The molecular formula is C66H45N. The molecule has 0 aliphatic carbocycles. The number of fused-ring (bicyclic) bond motifs is 4. The van der Waals surface area contributed by atoms with E-state index in [4.69, 9.17) is 0 Å².